The molecular formula is C19H19N. The van der Waals surface area contributed by atoms with Crippen molar-refractivity contribution in [3.63, 3.8) is 0 Å². The van der Waals surface area contributed by atoms with Crippen LogP contribution in [0.25, 0.3) is 10.8 Å². The van der Waals surface area contributed by atoms with Crippen molar-refractivity contribution in [3.05, 3.63) is 82.9 Å². The van der Waals surface area contributed by atoms with Crippen molar-refractivity contribution in [2.24, 2.45) is 5.73 Å². The van der Waals surface area contributed by atoms with Crippen molar-refractivity contribution in [1.82, 2.24) is 0 Å². The first-order valence-corrected chi connectivity index (χ1v) is 6.98. The molecule has 3 rings (SSSR count). The molecule has 1 heteroatoms. The average Bonchev–Trinajstić information content (AvgIpc) is 2.47. The van der Waals surface area contributed by atoms with Crippen LogP contribution < -0.4 is 5.73 Å². The highest BCUT2D eigenvalue weighted by Gasteiger charge is 2.16. The second-order valence-electron chi connectivity index (χ2n) is 5.35. The lowest BCUT2D eigenvalue weighted by Crippen LogP contribution is -2.15. The molecule has 3 aromatic carbocycles. The van der Waals surface area contributed by atoms with E-state index in [1.165, 1.54) is 33.0 Å². The molecule has 0 aliphatic heterocycles. The van der Waals surface area contributed by atoms with E-state index in [0.29, 0.717) is 0 Å². The van der Waals surface area contributed by atoms with E-state index in [2.05, 4.69) is 74.5 Å². The molecule has 0 saturated heterocycles. The number of hydrogen-bond donors (Lipinski definition) is 1. The fourth-order valence-electron chi connectivity index (χ4n) is 2.91. The normalized spacial score (nSPS) is 12.6. The monoisotopic (exact) mass is 261 g/mol. The van der Waals surface area contributed by atoms with Gasteiger partial charge in [0.2, 0.25) is 0 Å². The molecule has 20 heavy (non-hydrogen) atoms. The lowest BCUT2D eigenvalue weighted by molar-refractivity contribution is 0.862. The van der Waals surface area contributed by atoms with Gasteiger partial charge in [-0.25, -0.2) is 0 Å². The molecule has 0 saturated carbocycles. The van der Waals surface area contributed by atoms with Crippen LogP contribution in [0.5, 0.6) is 0 Å². The van der Waals surface area contributed by atoms with Gasteiger partial charge in [0, 0.05) is 0 Å². The van der Waals surface area contributed by atoms with Gasteiger partial charge in [-0.3, -0.25) is 0 Å². The lowest BCUT2D eigenvalue weighted by Gasteiger charge is -2.19. The maximum Gasteiger partial charge on any atom is 0.0563 e. The Bertz CT molecular complexity index is 759. The largest absolute Gasteiger partial charge is 0.320 e. The third-order valence-electron chi connectivity index (χ3n) is 4.02. The van der Waals surface area contributed by atoms with Crippen molar-refractivity contribution in [2.75, 3.05) is 0 Å². The molecule has 0 fully saturated rings. The van der Waals surface area contributed by atoms with Gasteiger partial charge in [0.15, 0.2) is 0 Å². The van der Waals surface area contributed by atoms with Crippen molar-refractivity contribution in [1.29, 1.82) is 0 Å². The lowest BCUT2D eigenvalue weighted by atomic mass is 9.89. The summed E-state index contributed by atoms with van der Waals surface area (Å²) in [6, 6.07) is 21.1. The first-order chi connectivity index (χ1) is 9.68. The Hall–Kier alpha value is -2.12. The summed E-state index contributed by atoms with van der Waals surface area (Å²) in [5.41, 5.74) is 11.5. The smallest absolute Gasteiger partial charge is 0.0563 e. The highest BCUT2D eigenvalue weighted by Crippen LogP contribution is 2.31. The fourth-order valence-corrected chi connectivity index (χ4v) is 2.91. The molecule has 1 nitrogen and oxygen atoms in total. The molecule has 0 radical (unpaired) electrons. The minimum Gasteiger partial charge on any atom is -0.320 e. The Balaban J connectivity index is 2.24. The van der Waals surface area contributed by atoms with Crippen LogP contribution in [-0.2, 0) is 0 Å². The third kappa shape index (κ3) is 2.10. The summed E-state index contributed by atoms with van der Waals surface area (Å²) in [5, 5.41) is 2.50. The second-order valence-corrected chi connectivity index (χ2v) is 5.35. The Morgan fingerprint density at radius 2 is 1.45 bits per heavy atom. The Morgan fingerprint density at radius 3 is 2.25 bits per heavy atom. The maximum absolute atomic E-state index is 6.58. The van der Waals surface area contributed by atoms with Crippen LogP contribution in [0.2, 0.25) is 0 Å². The van der Waals surface area contributed by atoms with Gasteiger partial charge >= 0.3 is 0 Å². The van der Waals surface area contributed by atoms with Gasteiger partial charge < -0.3 is 5.73 Å². The number of fused-ring (bicyclic) bond motifs is 1. The predicted molar refractivity (Wildman–Crippen MR) is 85.9 cm³/mol. The van der Waals surface area contributed by atoms with E-state index in [4.69, 9.17) is 5.73 Å². The van der Waals surface area contributed by atoms with Crippen LogP contribution in [0, 0.1) is 13.8 Å². The molecule has 0 bridgehead atoms. The number of hydrogen-bond acceptors (Lipinski definition) is 1. The molecule has 1 atom stereocenters. The summed E-state index contributed by atoms with van der Waals surface area (Å²) in [6.45, 7) is 4.26. The van der Waals surface area contributed by atoms with E-state index in [9.17, 15) is 0 Å². The van der Waals surface area contributed by atoms with Gasteiger partial charge in [-0.05, 0) is 46.9 Å². The predicted octanol–water partition coefficient (Wildman–Crippen LogP) is 4.50. The van der Waals surface area contributed by atoms with Gasteiger partial charge in [-0.2, -0.15) is 0 Å². The van der Waals surface area contributed by atoms with Crippen molar-refractivity contribution in [3.8, 4) is 0 Å². The molecule has 0 aliphatic carbocycles. The summed E-state index contributed by atoms with van der Waals surface area (Å²) < 4.78 is 0. The molecule has 0 heterocycles. The van der Waals surface area contributed by atoms with Gasteiger partial charge in [0.05, 0.1) is 6.04 Å². The number of aryl methyl sites for hydroxylation is 2. The van der Waals surface area contributed by atoms with Gasteiger partial charge in [0.1, 0.15) is 0 Å². The van der Waals surface area contributed by atoms with E-state index in [1.807, 2.05) is 0 Å². The van der Waals surface area contributed by atoms with E-state index < -0.39 is 0 Å². The molecule has 0 aliphatic rings. The summed E-state index contributed by atoms with van der Waals surface area (Å²) in [5.74, 6) is 0. The fraction of sp³-hybridized carbons (Fsp3) is 0.158. The Morgan fingerprint density at radius 1 is 0.750 bits per heavy atom. The van der Waals surface area contributed by atoms with Gasteiger partial charge in [-0.15, -0.1) is 0 Å². The molecule has 0 amide bonds. The van der Waals surface area contributed by atoms with Crippen LogP contribution in [0.15, 0.2) is 60.7 Å². The molecule has 100 valence electrons. The molecule has 1 unspecified atom stereocenters. The highest BCUT2D eigenvalue weighted by molar-refractivity contribution is 5.87. The maximum atomic E-state index is 6.58. The minimum absolute atomic E-state index is 0.0812. The van der Waals surface area contributed by atoms with E-state index in [1.54, 1.807) is 0 Å². The van der Waals surface area contributed by atoms with Crippen LogP contribution >= 0.6 is 0 Å². The van der Waals surface area contributed by atoms with Crippen molar-refractivity contribution >= 4 is 10.8 Å². The number of nitrogens with two attached hydrogens (primary N) is 1. The molecule has 0 spiro atoms. The molecule has 3 aromatic rings. The topological polar surface area (TPSA) is 26.0 Å². The summed E-state index contributed by atoms with van der Waals surface area (Å²) in [6.07, 6.45) is 0. The number of rotatable bonds is 2. The van der Waals surface area contributed by atoms with Gasteiger partial charge in [-0.1, -0.05) is 60.7 Å². The van der Waals surface area contributed by atoms with Crippen LogP contribution in [-0.4, -0.2) is 0 Å². The van der Waals surface area contributed by atoms with Crippen LogP contribution in [0.4, 0.5) is 0 Å². The quantitative estimate of drug-likeness (QED) is 0.722. The van der Waals surface area contributed by atoms with Gasteiger partial charge in [0.25, 0.3) is 0 Å². The third-order valence-corrected chi connectivity index (χ3v) is 4.02. The summed E-state index contributed by atoms with van der Waals surface area (Å²) >= 11 is 0. The molecule has 0 aromatic heterocycles. The van der Waals surface area contributed by atoms with E-state index in [-0.39, 0.29) is 6.04 Å². The van der Waals surface area contributed by atoms with E-state index in [0.717, 1.165) is 0 Å². The zero-order valence-electron chi connectivity index (χ0n) is 11.9. The average molecular weight is 261 g/mol. The summed E-state index contributed by atoms with van der Waals surface area (Å²) in [4.78, 5) is 0. The standard InChI is InChI=1S/C19H19N/c1-13-7-3-5-9-16(13)19(20)18-14(2)11-12-15-8-4-6-10-17(15)18/h3-12,19H,20H2,1-2H3. The summed E-state index contributed by atoms with van der Waals surface area (Å²) in [7, 11) is 0. The first-order valence-electron chi connectivity index (χ1n) is 6.98. The van der Waals surface area contributed by atoms with Crippen molar-refractivity contribution < 1.29 is 0 Å². The Labute approximate surface area is 120 Å². The number of benzene rings is 3. The first kappa shape index (κ1) is 12.9. The molecular weight excluding hydrogens is 242 g/mol. The van der Waals surface area contributed by atoms with Crippen LogP contribution in [0.1, 0.15) is 28.3 Å². The second kappa shape index (κ2) is 5.10. The zero-order chi connectivity index (χ0) is 14.1. The minimum atomic E-state index is -0.0812. The Kier molecular flexibility index (Phi) is 3.29. The van der Waals surface area contributed by atoms with E-state index >= 15 is 0 Å². The highest BCUT2D eigenvalue weighted by atomic mass is 14.6. The molecule has 2 N–H and O–H groups in total. The zero-order valence-corrected chi connectivity index (χ0v) is 11.9. The SMILES string of the molecule is Cc1ccccc1C(N)c1c(C)ccc2ccccc12. The van der Waals surface area contributed by atoms with Crippen molar-refractivity contribution in [2.45, 2.75) is 19.9 Å². The van der Waals surface area contributed by atoms with Crippen LogP contribution in [0.3, 0.4) is 0 Å².